The van der Waals surface area contributed by atoms with Crippen LogP contribution in [-0.4, -0.2) is 41.5 Å². The summed E-state index contributed by atoms with van der Waals surface area (Å²) in [7, 11) is 0. The molecular weight excluding hydrogens is 376 g/mol. The molecule has 2 aromatic carbocycles. The fourth-order valence-electron chi connectivity index (χ4n) is 5.23. The van der Waals surface area contributed by atoms with E-state index in [9.17, 15) is 14.7 Å². The lowest BCUT2D eigenvalue weighted by Crippen LogP contribution is -2.47. The second kappa shape index (κ2) is 7.55. The molecule has 2 heterocycles. The first-order valence-corrected chi connectivity index (χ1v) is 11.0. The Kier molecular flexibility index (Phi) is 4.86. The number of nitrogens with zero attached hydrogens (tertiary/aromatic N) is 2. The first-order valence-electron chi connectivity index (χ1n) is 11.0. The Morgan fingerprint density at radius 2 is 1.57 bits per heavy atom. The summed E-state index contributed by atoms with van der Waals surface area (Å²) in [5, 5.41) is 9.83. The molecule has 1 unspecified atom stereocenters. The quantitative estimate of drug-likeness (QED) is 0.811. The van der Waals surface area contributed by atoms with Crippen LogP contribution < -0.4 is 4.90 Å². The monoisotopic (exact) mass is 404 g/mol. The maximum absolute atomic E-state index is 13.4. The van der Waals surface area contributed by atoms with E-state index in [1.54, 1.807) is 0 Å². The summed E-state index contributed by atoms with van der Waals surface area (Å²) in [4.78, 5) is 29.3. The molecule has 3 fully saturated rings. The number of carboxylic acids is 1. The maximum Gasteiger partial charge on any atom is 0.325 e. The standard InChI is InChI=1S/C25H28N2O3/c28-23(29)22(20-4-2-1-3-5-20)26-15-12-25(13-16-26)14-17-27(24(25)30)21-10-8-19(9-11-21)18-6-7-18/h1-5,8-11,18,22H,6-7,12-17H2,(H,28,29). The fraction of sp³-hybridized carbons (Fsp3) is 0.440. The number of benzene rings is 2. The van der Waals surface area contributed by atoms with Gasteiger partial charge in [-0.05, 0) is 61.3 Å². The van der Waals surface area contributed by atoms with Gasteiger partial charge in [0.05, 0.1) is 5.41 Å². The van der Waals surface area contributed by atoms with Crippen molar-refractivity contribution in [2.24, 2.45) is 5.41 Å². The Bertz CT molecular complexity index is 929. The highest BCUT2D eigenvalue weighted by Crippen LogP contribution is 2.45. The predicted molar refractivity (Wildman–Crippen MR) is 115 cm³/mol. The van der Waals surface area contributed by atoms with Crippen LogP contribution in [0, 0.1) is 5.41 Å². The minimum Gasteiger partial charge on any atom is -0.480 e. The van der Waals surface area contributed by atoms with E-state index in [-0.39, 0.29) is 11.3 Å². The van der Waals surface area contributed by atoms with Crippen LogP contribution in [0.15, 0.2) is 54.6 Å². The smallest absolute Gasteiger partial charge is 0.325 e. The van der Waals surface area contributed by atoms with Crippen molar-refractivity contribution in [3.05, 3.63) is 65.7 Å². The molecule has 2 aliphatic heterocycles. The SMILES string of the molecule is O=C(O)C(c1ccccc1)N1CCC2(CCN(c3ccc(C4CC4)cc3)C2=O)CC1. The summed E-state index contributed by atoms with van der Waals surface area (Å²) < 4.78 is 0. The third kappa shape index (κ3) is 3.41. The summed E-state index contributed by atoms with van der Waals surface area (Å²) in [5.41, 5.74) is 2.84. The molecule has 1 spiro atoms. The number of piperidine rings is 1. The lowest BCUT2D eigenvalue weighted by atomic mass is 9.76. The molecule has 0 aromatic heterocycles. The molecule has 0 radical (unpaired) electrons. The van der Waals surface area contributed by atoms with Gasteiger partial charge >= 0.3 is 5.97 Å². The van der Waals surface area contributed by atoms with Gasteiger partial charge in [0.1, 0.15) is 6.04 Å². The number of hydrogen-bond donors (Lipinski definition) is 1. The highest BCUT2D eigenvalue weighted by atomic mass is 16.4. The highest BCUT2D eigenvalue weighted by molar-refractivity contribution is 6.00. The lowest BCUT2D eigenvalue weighted by molar-refractivity contribution is -0.145. The first-order chi connectivity index (χ1) is 14.6. The fourth-order valence-corrected chi connectivity index (χ4v) is 5.23. The van der Waals surface area contributed by atoms with E-state index in [1.165, 1.54) is 18.4 Å². The predicted octanol–water partition coefficient (Wildman–Crippen LogP) is 4.21. The molecule has 2 saturated heterocycles. The summed E-state index contributed by atoms with van der Waals surface area (Å²) in [6.07, 6.45) is 4.86. The Labute approximate surface area is 177 Å². The van der Waals surface area contributed by atoms with Crippen LogP contribution in [0.5, 0.6) is 0 Å². The number of carboxylic acid groups (broad SMARTS) is 1. The molecule has 30 heavy (non-hydrogen) atoms. The topological polar surface area (TPSA) is 60.9 Å². The van der Waals surface area contributed by atoms with Gasteiger partial charge < -0.3 is 10.0 Å². The van der Waals surface area contributed by atoms with E-state index < -0.39 is 12.0 Å². The number of hydrogen-bond acceptors (Lipinski definition) is 3. The van der Waals surface area contributed by atoms with Crippen LogP contribution in [0.3, 0.4) is 0 Å². The van der Waals surface area contributed by atoms with E-state index >= 15 is 0 Å². The number of anilines is 1. The number of aliphatic carboxylic acids is 1. The summed E-state index contributed by atoms with van der Waals surface area (Å²) >= 11 is 0. The molecule has 156 valence electrons. The van der Waals surface area contributed by atoms with E-state index in [1.807, 2.05) is 40.1 Å². The van der Waals surface area contributed by atoms with Crippen molar-refractivity contribution in [3.8, 4) is 0 Å². The molecule has 5 rings (SSSR count). The zero-order chi connectivity index (χ0) is 20.7. The second-order valence-electron chi connectivity index (χ2n) is 9.04. The summed E-state index contributed by atoms with van der Waals surface area (Å²) in [6.45, 7) is 2.01. The number of rotatable bonds is 5. The van der Waals surface area contributed by atoms with Crippen LogP contribution in [0.4, 0.5) is 5.69 Å². The van der Waals surface area contributed by atoms with Crippen molar-refractivity contribution < 1.29 is 14.7 Å². The lowest BCUT2D eigenvalue weighted by Gasteiger charge is -2.40. The van der Waals surface area contributed by atoms with Crippen molar-refractivity contribution in [3.63, 3.8) is 0 Å². The van der Waals surface area contributed by atoms with E-state index in [0.29, 0.717) is 13.1 Å². The van der Waals surface area contributed by atoms with Crippen LogP contribution in [-0.2, 0) is 9.59 Å². The van der Waals surface area contributed by atoms with Gasteiger partial charge in [0.2, 0.25) is 5.91 Å². The van der Waals surface area contributed by atoms with Crippen LogP contribution in [0.25, 0.3) is 0 Å². The molecule has 2 aromatic rings. The Morgan fingerprint density at radius 3 is 2.17 bits per heavy atom. The molecule has 1 saturated carbocycles. The van der Waals surface area contributed by atoms with Gasteiger partial charge in [-0.3, -0.25) is 14.5 Å². The zero-order valence-corrected chi connectivity index (χ0v) is 17.2. The van der Waals surface area contributed by atoms with Crippen LogP contribution in [0.2, 0.25) is 0 Å². The number of carbonyl (C=O) groups is 2. The Hall–Kier alpha value is -2.66. The number of carbonyl (C=O) groups excluding carboxylic acids is 1. The minimum atomic E-state index is -0.827. The van der Waals surface area contributed by atoms with Gasteiger partial charge in [-0.25, -0.2) is 0 Å². The molecule has 1 aliphatic carbocycles. The van der Waals surface area contributed by atoms with Crippen molar-refractivity contribution in [1.82, 2.24) is 4.90 Å². The van der Waals surface area contributed by atoms with Crippen LogP contribution in [0.1, 0.15) is 55.2 Å². The normalized spacial score (nSPS) is 22.4. The number of likely N-dealkylation sites (tertiary alicyclic amines) is 1. The van der Waals surface area contributed by atoms with Crippen molar-refractivity contribution in [1.29, 1.82) is 0 Å². The molecule has 5 nitrogen and oxygen atoms in total. The van der Waals surface area contributed by atoms with Crippen molar-refractivity contribution in [2.75, 3.05) is 24.5 Å². The van der Waals surface area contributed by atoms with Gasteiger partial charge in [0.15, 0.2) is 0 Å². The van der Waals surface area contributed by atoms with Gasteiger partial charge in [0, 0.05) is 25.3 Å². The van der Waals surface area contributed by atoms with Crippen molar-refractivity contribution >= 4 is 17.6 Å². The minimum absolute atomic E-state index is 0.216. The largest absolute Gasteiger partial charge is 0.480 e. The van der Waals surface area contributed by atoms with E-state index in [4.69, 9.17) is 0 Å². The van der Waals surface area contributed by atoms with Crippen LogP contribution >= 0.6 is 0 Å². The summed E-state index contributed by atoms with van der Waals surface area (Å²) in [5.74, 6) is 0.107. The van der Waals surface area contributed by atoms with Gasteiger partial charge in [-0.1, -0.05) is 42.5 Å². The third-order valence-electron chi connectivity index (χ3n) is 7.24. The maximum atomic E-state index is 13.4. The molecule has 1 atom stereocenters. The van der Waals surface area contributed by atoms with Gasteiger partial charge in [0.25, 0.3) is 0 Å². The van der Waals surface area contributed by atoms with E-state index in [0.717, 1.165) is 43.0 Å². The third-order valence-corrected chi connectivity index (χ3v) is 7.24. The van der Waals surface area contributed by atoms with Gasteiger partial charge in [-0.2, -0.15) is 0 Å². The molecule has 5 heteroatoms. The summed E-state index contributed by atoms with van der Waals surface area (Å²) in [6, 6.07) is 17.3. The number of amides is 1. The average Bonchev–Trinajstić information content (AvgIpc) is 3.57. The Morgan fingerprint density at radius 1 is 0.933 bits per heavy atom. The van der Waals surface area contributed by atoms with Gasteiger partial charge in [-0.15, -0.1) is 0 Å². The van der Waals surface area contributed by atoms with Crippen molar-refractivity contribution in [2.45, 2.75) is 44.1 Å². The van der Waals surface area contributed by atoms with E-state index in [2.05, 4.69) is 24.3 Å². The average molecular weight is 405 g/mol. The Balaban J connectivity index is 1.28. The second-order valence-corrected chi connectivity index (χ2v) is 9.04. The highest BCUT2D eigenvalue weighted by Gasteiger charge is 2.49. The zero-order valence-electron chi connectivity index (χ0n) is 17.2. The molecule has 3 aliphatic rings. The first kappa shape index (κ1) is 19.3. The molecular formula is C25H28N2O3. The molecule has 0 bridgehead atoms. The molecule has 1 N–H and O–H groups in total. The molecule has 1 amide bonds.